The quantitative estimate of drug-likeness (QED) is 0.237. The second-order valence-electron chi connectivity index (χ2n) is 5.09. The van der Waals surface area contributed by atoms with E-state index in [1.54, 1.807) is 45.0 Å². The van der Waals surface area contributed by atoms with Crippen molar-refractivity contribution in [3.8, 4) is 0 Å². The molecule has 7 nitrogen and oxygen atoms in total. The first kappa shape index (κ1) is 19.1. The third kappa shape index (κ3) is 4.51. The van der Waals surface area contributed by atoms with Crippen LogP contribution in [0.2, 0.25) is 0 Å². The molecule has 0 aromatic heterocycles. The number of hydrazine groups is 1. The Balaban J connectivity index is 3.41. The first-order chi connectivity index (χ1) is 10.9. The maximum Gasteiger partial charge on any atom is 0.422 e. The molecule has 0 fully saturated rings. The van der Waals surface area contributed by atoms with Crippen LogP contribution in [0.3, 0.4) is 0 Å². The Hall–Kier alpha value is -1.96. The van der Waals surface area contributed by atoms with Gasteiger partial charge in [0.05, 0.1) is 5.92 Å². The lowest BCUT2D eigenvalue weighted by molar-refractivity contribution is -0.241. The highest BCUT2D eigenvalue weighted by Crippen LogP contribution is 2.36. The number of nitrogens with zero attached hydrogens (tertiary/aromatic N) is 1. The lowest BCUT2D eigenvalue weighted by Crippen LogP contribution is -2.55. The number of ether oxygens (including phenoxy) is 2. The van der Waals surface area contributed by atoms with Crippen molar-refractivity contribution in [2.75, 3.05) is 13.2 Å². The molecule has 0 spiro atoms. The summed E-state index contributed by atoms with van der Waals surface area (Å²) in [6.45, 7) is 5.95. The summed E-state index contributed by atoms with van der Waals surface area (Å²) in [5.41, 5.74) is 0.700. The molecule has 1 aromatic rings. The minimum atomic E-state index is -1.40. The number of carbonyl (C=O) groups excluding carboxylic acids is 1. The molecule has 0 heterocycles. The average Bonchev–Trinajstić information content (AvgIpc) is 2.52. The number of rotatable bonds is 9. The number of carbonyl (C=O) groups is 2. The topological polar surface area (TPSA) is 102 Å². The molecule has 0 aliphatic carbocycles. The van der Waals surface area contributed by atoms with E-state index in [4.69, 9.17) is 20.4 Å². The molecular formula is C16H24N2O5. The first-order valence-corrected chi connectivity index (χ1v) is 7.46. The van der Waals surface area contributed by atoms with Gasteiger partial charge in [0.1, 0.15) is 12.3 Å². The van der Waals surface area contributed by atoms with Crippen molar-refractivity contribution in [2.24, 2.45) is 5.84 Å². The summed E-state index contributed by atoms with van der Waals surface area (Å²) in [5, 5.41) is 9.65. The van der Waals surface area contributed by atoms with E-state index >= 15 is 0 Å². The van der Waals surface area contributed by atoms with E-state index in [9.17, 15) is 9.59 Å². The number of aldehydes is 1. The molecule has 3 N–H and O–H groups in total. The van der Waals surface area contributed by atoms with Gasteiger partial charge in [-0.15, -0.1) is 0 Å². The lowest BCUT2D eigenvalue weighted by Gasteiger charge is -2.41. The van der Waals surface area contributed by atoms with Crippen molar-refractivity contribution in [1.29, 1.82) is 0 Å². The van der Waals surface area contributed by atoms with E-state index in [1.165, 1.54) is 0 Å². The Morgan fingerprint density at radius 1 is 1.30 bits per heavy atom. The number of amides is 1. The number of hydrogen-bond acceptors (Lipinski definition) is 5. The van der Waals surface area contributed by atoms with Crippen molar-refractivity contribution in [3.05, 3.63) is 35.9 Å². The molecule has 1 amide bonds. The van der Waals surface area contributed by atoms with E-state index in [1.807, 2.05) is 6.07 Å². The molecule has 128 valence electrons. The Kier molecular flexibility index (Phi) is 7.15. The second kappa shape index (κ2) is 8.61. The van der Waals surface area contributed by atoms with Gasteiger partial charge in [-0.05, 0) is 26.3 Å². The lowest BCUT2D eigenvalue weighted by atomic mass is 9.84. The fourth-order valence-electron chi connectivity index (χ4n) is 2.70. The fraction of sp³-hybridized carbons (Fsp3) is 0.500. The van der Waals surface area contributed by atoms with E-state index in [0.717, 1.165) is 0 Å². The molecule has 0 aliphatic rings. The van der Waals surface area contributed by atoms with Crippen molar-refractivity contribution in [3.63, 3.8) is 0 Å². The predicted molar refractivity (Wildman–Crippen MR) is 84.7 cm³/mol. The predicted octanol–water partition coefficient (Wildman–Crippen LogP) is 1.98. The summed E-state index contributed by atoms with van der Waals surface area (Å²) in [6, 6.07) is 7.83. The molecule has 1 aromatic carbocycles. The molecule has 0 aliphatic heterocycles. The molecular weight excluding hydrogens is 300 g/mol. The highest BCUT2D eigenvalue weighted by molar-refractivity contribution is 5.72. The normalized spacial score (nSPS) is 14.1. The monoisotopic (exact) mass is 324 g/mol. The summed E-state index contributed by atoms with van der Waals surface area (Å²) in [4.78, 5) is 22.9. The van der Waals surface area contributed by atoms with E-state index < -0.39 is 23.8 Å². The average molecular weight is 324 g/mol. The molecule has 23 heavy (non-hydrogen) atoms. The minimum Gasteiger partial charge on any atom is -0.464 e. The summed E-state index contributed by atoms with van der Waals surface area (Å²) in [7, 11) is 0. The van der Waals surface area contributed by atoms with Crippen LogP contribution in [0.15, 0.2) is 30.3 Å². The maximum absolute atomic E-state index is 11.6. The number of benzene rings is 1. The Morgan fingerprint density at radius 2 is 1.83 bits per heavy atom. The Morgan fingerprint density at radius 3 is 2.22 bits per heavy atom. The van der Waals surface area contributed by atoms with E-state index in [0.29, 0.717) is 30.1 Å². The SMILES string of the molecule is CCOC(C)(OCC)C(c1ccccc1)C(C=O)N(N)C(=O)O. The summed E-state index contributed by atoms with van der Waals surface area (Å²) >= 11 is 0. The van der Waals surface area contributed by atoms with Gasteiger partial charge < -0.3 is 19.4 Å². The van der Waals surface area contributed by atoms with Crippen molar-refractivity contribution < 1.29 is 24.2 Å². The van der Waals surface area contributed by atoms with Crippen molar-refractivity contribution >= 4 is 12.4 Å². The zero-order valence-electron chi connectivity index (χ0n) is 13.6. The van der Waals surface area contributed by atoms with Crippen molar-refractivity contribution in [1.82, 2.24) is 5.01 Å². The molecule has 2 unspecified atom stereocenters. The third-order valence-electron chi connectivity index (χ3n) is 3.61. The van der Waals surface area contributed by atoms with Gasteiger partial charge in [-0.25, -0.2) is 15.6 Å². The smallest absolute Gasteiger partial charge is 0.422 e. The Labute approximate surface area is 135 Å². The van der Waals surface area contributed by atoms with Gasteiger partial charge in [0, 0.05) is 13.2 Å². The van der Waals surface area contributed by atoms with Crippen LogP contribution in [0.5, 0.6) is 0 Å². The zero-order valence-corrected chi connectivity index (χ0v) is 13.6. The summed E-state index contributed by atoms with van der Waals surface area (Å²) in [5.74, 6) is 3.66. The van der Waals surface area contributed by atoms with Crippen LogP contribution in [-0.4, -0.2) is 47.5 Å². The standard InChI is InChI=1S/C16H24N2O5/c1-4-22-16(3,23-5-2)14(12-9-7-6-8-10-12)13(11-19)18(17)15(20)21/h6-11,13-14H,4-5,17H2,1-3H3,(H,20,21). The zero-order chi connectivity index (χ0) is 17.5. The maximum atomic E-state index is 11.6. The van der Waals surface area contributed by atoms with Gasteiger partial charge in [0.25, 0.3) is 0 Å². The van der Waals surface area contributed by atoms with Crippen LogP contribution in [0.4, 0.5) is 4.79 Å². The van der Waals surface area contributed by atoms with Gasteiger partial charge in [0.2, 0.25) is 0 Å². The van der Waals surface area contributed by atoms with Crippen molar-refractivity contribution in [2.45, 2.75) is 38.5 Å². The van der Waals surface area contributed by atoms with Gasteiger partial charge in [-0.2, -0.15) is 0 Å². The first-order valence-electron chi connectivity index (χ1n) is 7.46. The van der Waals surface area contributed by atoms with Gasteiger partial charge in [-0.1, -0.05) is 30.3 Å². The minimum absolute atomic E-state index is 0.336. The van der Waals surface area contributed by atoms with Gasteiger partial charge in [0.15, 0.2) is 5.79 Å². The van der Waals surface area contributed by atoms with E-state index in [2.05, 4.69) is 0 Å². The largest absolute Gasteiger partial charge is 0.464 e. The highest BCUT2D eigenvalue weighted by Gasteiger charge is 2.45. The van der Waals surface area contributed by atoms with Crippen LogP contribution < -0.4 is 5.84 Å². The molecule has 0 saturated carbocycles. The highest BCUT2D eigenvalue weighted by atomic mass is 16.7. The number of carboxylic acid groups (broad SMARTS) is 1. The molecule has 2 atom stereocenters. The second-order valence-corrected chi connectivity index (χ2v) is 5.09. The molecule has 0 bridgehead atoms. The van der Waals surface area contributed by atoms with Crippen LogP contribution in [0, 0.1) is 0 Å². The summed E-state index contributed by atoms with van der Waals surface area (Å²) in [6.07, 6.45) is -0.902. The number of nitrogens with two attached hydrogens (primary N) is 1. The van der Waals surface area contributed by atoms with Crippen LogP contribution in [-0.2, 0) is 14.3 Å². The molecule has 0 radical (unpaired) electrons. The van der Waals surface area contributed by atoms with E-state index in [-0.39, 0.29) is 0 Å². The van der Waals surface area contributed by atoms with Gasteiger partial charge >= 0.3 is 6.09 Å². The van der Waals surface area contributed by atoms with Crippen LogP contribution >= 0.6 is 0 Å². The summed E-state index contributed by atoms with van der Waals surface area (Å²) < 4.78 is 11.5. The Bertz CT molecular complexity index is 502. The van der Waals surface area contributed by atoms with Crippen LogP contribution in [0.1, 0.15) is 32.3 Å². The van der Waals surface area contributed by atoms with Crippen LogP contribution in [0.25, 0.3) is 0 Å². The molecule has 0 saturated heterocycles. The molecule has 7 heteroatoms. The molecule has 1 rings (SSSR count). The van der Waals surface area contributed by atoms with Gasteiger partial charge in [-0.3, -0.25) is 0 Å². The fourth-order valence-corrected chi connectivity index (χ4v) is 2.70. The third-order valence-corrected chi connectivity index (χ3v) is 3.61. The number of hydrogen-bond donors (Lipinski definition) is 2.